The van der Waals surface area contributed by atoms with Gasteiger partial charge in [-0.15, -0.1) is 0 Å². The van der Waals surface area contributed by atoms with Gasteiger partial charge in [-0.2, -0.15) is 0 Å². The third-order valence-corrected chi connectivity index (χ3v) is 11.8. The summed E-state index contributed by atoms with van der Waals surface area (Å²) in [6.45, 7) is 8.70. The van der Waals surface area contributed by atoms with Gasteiger partial charge in [0.2, 0.25) is 0 Å². The van der Waals surface area contributed by atoms with Crippen LogP contribution in [0, 0.1) is 0 Å². The summed E-state index contributed by atoms with van der Waals surface area (Å²) in [6.07, 6.45) is 21.7. The van der Waals surface area contributed by atoms with E-state index in [0.29, 0.717) is 24.0 Å². The predicted molar refractivity (Wildman–Crippen MR) is 221 cm³/mol. The fraction of sp³-hybridized carbons (Fsp3) is 0.545. The molecule has 9 heteroatoms. The summed E-state index contributed by atoms with van der Waals surface area (Å²) in [4.78, 5) is -0.0885. The van der Waals surface area contributed by atoms with Gasteiger partial charge in [-0.3, -0.25) is 0 Å². The Kier molecular flexibility index (Phi) is 22.4. The molecule has 0 heterocycles. The van der Waals surface area contributed by atoms with E-state index < -0.39 is 20.2 Å². The molecule has 4 aromatic rings. The van der Waals surface area contributed by atoms with Crippen molar-refractivity contribution in [1.29, 1.82) is 0 Å². The molecule has 0 N–H and O–H groups in total. The number of fused-ring (bicyclic) bond motifs is 2. The Labute approximate surface area is 351 Å². The summed E-state index contributed by atoms with van der Waals surface area (Å²) in [5, 5.41) is 3.73. The van der Waals surface area contributed by atoms with Gasteiger partial charge >= 0.3 is 37.7 Å². The molecule has 0 unspecified atom stereocenters. The van der Waals surface area contributed by atoms with Gasteiger partial charge in [0.05, 0.1) is 9.79 Å². The van der Waals surface area contributed by atoms with Crippen molar-refractivity contribution in [3.05, 3.63) is 82.9 Å². The maximum absolute atomic E-state index is 11.7. The van der Waals surface area contributed by atoms with Gasteiger partial charge in [0, 0.05) is 0 Å². The summed E-state index contributed by atoms with van der Waals surface area (Å²) < 4.78 is 70.2. The van der Waals surface area contributed by atoms with Crippen molar-refractivity contribution in [3.63, 3.8) is 0 Å². The average molecular weight is 791 g/mol. The maximum Gasteiger partial charge on any atom is 2.00 e. The Hall–Kier alpha value is -1.52. The second kappa shape index (κ2) is 24.9. The Balaban J connectivity index is 0.000000360. The minimum Gasteiger partial charge on any atom is -0.744 e. The number of rotatable bonds is 22. The van der Waals surface area contributed by atoms with E-state index in [1.165, 1.54) is 62.5 Å². The number of benzene rings is 4. The topological polar surface area (TPSA) is 114 Å². The second-order valence-electron chi connectivity index (χ2n) is 14.4. The SMILES string of the molecule is CCCCCCc1ccc2cc(S(=O)(=O)[O-])c(CCCCCC)cc2c1.CCCCCCc1ccc2cc(S(=O)(=O)[O-])c(CCCCCC)cc2c1.[Ca+2]. The molecule has 0 aliphatic rings. The summed E-state index contributed by atoms with van der Waals surface area (Å²) in [7, 11) is -8.90. The molecule has 0 aliphatic heterocycles. The first-order valence-electron chi connectivity index (χ1n) is 19.9. The van der Waals surface area contributed by atoms with Gasteiger partial charge in [-0.25, -0.2) is 16.8 Å². The van der Waals surface area contributed by atoms with Crippen molar-refractivity contribution in [2.24, 2.45) is 0 Å². The van der Waals surface area contributed by atoms with Gasteiger partial charge < -0.3 is 9.11 Å². The molecule has 0 fully saturated rings. The van der Waals surface area contributed by atoms with E-state index in [1.54, 1.807) is 12.1 Å². The van der Waals surface area contributed by atoms with Crippen molar-refractivity contribution in [1.82, 2.24) is 0 Å². The smallest absolute Gasteiger partial charge is 0.744 e. The van der Waals surface area contributed by atoms with Crippen molar-refractivity contribution >= 4 is 79.5 Å². The van der Waals surface area contributed by atoms with Crippen LogP contribution in [0.3, 0.4) is 0 Å². The van der Waals surface area contributed by atoms with Gasteiger partial charge in [-0.05, 0) is 119 Å². The van der Waals surface area contributed by atoms with Gasteiger partial charge in [0.1, 0.15) is 20.2 Å². The van der Waals surface area contributed by atoms with E-state index in [2.05, 4.69) is 52.0 Å². The third kappa shape index (κ3) is 16.6. The molecule has 0 saturated carbocycles. The summed E-state index contributed by atoms with van der Waals surface area (Å²) >= 11 is 0. The Morgan fingerprint density at radius 1 is 0.396 bits per heavy atom. The molecular formula is C44H62CaO6S2. The van der Waals surface area contributed by atoms with E-state index in [-0.39, 0.29) is 47.5 Å². The molecule has 288 valence electrons. The van der Waals surface area contributed by atoms with Crippen LogP contribution in [0.5, 0.6) is 0 Å². The van der Waals surface area contributed by atoms with E-state index in [9.17, 15) is 25.9 Å². The molecule has 0 radical (unpaired) electrons. The monoisotopic (exact) mass is 790 g/mol. The Morgan fingerprint density at radius 2 is 0.717 bits per heavy atom. The summed E-state index contributed by atoms with van der Waals surface area (Å²) in [6, 6.07) is 19.3. The number of hydrogen-bond acceptors (Lipinski definition) is 6. The first-order chi connectivity index (χ1) is 24.9. The number of unbranched alkanes of at least 4 members (excludes halogenated alkanes) is 12. The van der Waals surface area contributed by atoms with Crippen molar-refractivity contribution in [2.45, 2.75) is 166 Å². The molecule has 6 nitrogen and oxygen atoms in total. The van der Waals surface area contributed by atoms with E-state index >= 15 is 0 Å². The average Bonchev–Trinajstić information content (AvgIpc) is 3.11. The predicted octanol–water partition coefficient (Wildman–Crippen LogP) is 11.6. The van der Waals surface area contributed by atoms with Crippen molar-refractivity contribution < 1.29 is 25.9 Å². The first-order valence-corrected chi connectivity index (χ1v) is 22.8. The third-order valence-electron chi connectivity index (χ3n) is 9.94. The van der Waals surface area contributed by atoms with Gasteiger partial charge in [0.25, 0.3) is 0 Å². The Bertz CT molecular complexity index is 1770. The standard InChI is InChI=1S/2C22H32O3S.Ca/c2*1-3-5-7-9-11-18-13-14-19-17-22(26(23,24)25)20(16-21(19)15-18)12-10-8-6-4-2;/h2*13-17H,3-12H2,1-2H3,(H,23,24,25);/q;;+2/p-2. The molecule has 0 atom stereocenters. The fourth-order valence-electron chi connectivity index (χ4n) is 6.91. The Morgan fingerprint density at radius 3 is 1.02 bits per heavy atom. The maximum atomic E-state index is 11.7. The molecule has 0 bridgehead atoms. The molecule has 0 amide bonds. The van der Waals surface area contributed by atoms with Crippen LogP contribution in [0.1, 0.15) is 153 Å². The van der Waals surface area contributed by atoms with Gasteiger partial charge in [0.15, 0.2) is 0 Å². The molecule has 0 spiro atoms. The van der Waals surface area contributed by atoms with Crippen LogP contribution in [-0.2, 0) is 45.9 Å². The number of aryl methyl sites for hydroxylation is 4. The zero-order valence-electron chi connectivity index (χ0n) is 32.9. The minimum absolute atomic E-state index is 0. The van der Waals surface area contributed by atoms with Crippen LogP contribution < -0.4 is 0 Å². The van der Waals surface area contributed by atoms with E-state index in [1.807, 2.05) is 24.3 Å². The van der Waals surface area contributed by atoms with Gasteiger partial charge in [-0.1, -0.05) is 141 Å². The van der Waals surface area contributed by atoms with E-state index in [0.717, 1.165) is 85.8 Å². The molecule has 0 aromatic heterocycles. The molecular weight excluding hydrogens is 729 g/mol. The minimum atomic E-state index is -4.45. The van der Waals surface area contributed by atoms with Crippen LogP contribution in [0.4, 0.5) is 0 Å². The summed E-state index contributed by atoms with van der Waals surface area (Å²) in [5.74, 6) is 0. The van der Waals surface area contributed by atoms with Crippen LogP contribution in [0.15, 0.2) is 70.5 Å². The van der Waals surface area contributed by atoms with Crippen LogP contribution in [0.2, 0.25) is 0 Å². The van der Waals surface area contributed by atoms with Crippen molar-refractivity contribution in [3.8, 4) is 0 Å². The van der Waals surface area contributed by atoms with Crippen molar-refractivity contribution in [2.75, 3.05) is 0 Å². The zero-order chi connectivity index (χ0) is 38.0. The van der Waals surface area contributed by atoms with Crippen LogP contribution in [0.25, 0.3) is 21.5 Å². The normalized spacial score (nSPS) is 11.7. The second-order valence-corrected chi connectivity index (χ2v) is 17.1. The first kappa shape index (κ1) is 47.6. The van der Waals surface area contributed by atoms with Crippen LogP contribution >= 0.6 is 0 Å². The molecule has 0 saturated heterocycles. The molecule has 53 heavy (non-hydrogen) atoms. The van der Waals surface area contributed by atoms with E-state index in [4.69, 9.17) is 0 Å². The summed E-state index contributed by atoms with van der Waals surface area (Å²) in [5.41, 5.74) is 3.91. The quantitative estimate of drug-likeness (QED) is 0.0445. The number of hydrogen-bond donors (Lipinski definition) is 0. The zero-order valence-corrected chi connectivity index (χ0v) is 36.7. The molecule has 4 rings (SSSR count). The van der Waals surface area contributed by atoms with Crippen LogP contribution in [-0.4, -0.2) is 63.7 Å². The fourth-order valence-corrected chi connectivity index (χ4v) is 8.42. The molecule has 0 aliphatic carbocycles. The molecule has 4 aromatic carbocycles. The largest absolute Gasteiger partial charge is 2.00 e.